The number of imidazole rings is 1. The first kappa shape index (κ1) is 13.3. The zero-order chi connectivity index (χ0) is 14.7. The van der Waals surface area contributed by atoms with Crippen LogP contribution in [0.2, 0.25) is 0 Å². The Morgan fingerprint density at radius 1 is 1.24 bits per heavy atom. The van der Waals surface area contributed by atoms with Crippen molar-refractivity contribution in [3.05, 3.63) is 60.7 Å². The molecule has 0 fully saturated rings. The molecule has 3 aromatic rings. The maximum Gasteiger partial charge on any atom is 0.241 e. The molecule has 1 heterocycles. The second kappa shape index (κ2) is 5.76. The van der Waals surface area contributed by atoms with E-state index in [9.17, 15) is 4.79 Å². The summed E-state index contributed by atoms with van der Waals surface area (Å²) in [5, 5.41) is 5.07. The molecule has 0 saturated heterocycles. The molecule has 5 heteroatoms. The first-order valence-electron chi connectivity index (χ1n) is 6.75. The van der Waals surface area contributed by atoms with E-state index in [2.05, 4.69) is 15.3 Å². The monoisotopic (exact) mass is 280 g/mol. The topological polar surface area (TPSA) is 83.8 Å². The highest BCUT2D eigenvalue weighted by molar-refractivity contribution is 5.97. The van der Waals surface area contributed by atoms with Gasteiger partial charge in [-0.05, 0) is 22.9 Å². The molecule has 0 saturated carbocycles. The predicted octanol–water partition coefficient (Wildman–Crippen LogP) is 2.07. The summed E-state index contributed by atoms with van der Waals surface area (Å²) in [5.41, 5.74) is 7.50. The molecule has 0 aliphatic heterocycles. The molecule has 4 N–H and O–H groups in total. The molecule has 0 radical (unpaired) electrons. The maximum absolute atomic E-state index is 12.1. The van der Waals surface area contributed by atoms with Crippen molar-refractivity contribution < 1.29 is 4.79 Å². The third-order valence-electron chi connectivity index (χ3n) is 3.35. The van der Waals surface area contributed by atoms with Crippen LogP contribution in [0.25, 0.3) is 10.8 Å². The first-order valence-corrected chi connectivity index (χ1v) is 6.75. The van der Waals surface area contributed by atoms with Gasteiger partial charge in [0.05, 0.1) is 12.4 Å². The number of hydrogen-bond acceptors (Lipinski definition) is 3. The lowest BCUT2D eigenvalue weighted by Crippen LogP contribution is -2.37. The number of aromatic nitrogens is 2. The number of nitrogens with zero attached hydrogens (tertiary/aromatic N) is 1. The molecule has 1 amide bonds. The van der Waals surface area contributed by atoms with Crippen LogP contribution in [0.5, 0.6) is 0 Å². The van der Waals surface area contributed by atoms with Crippen molar-refractivity contribution in [2.45, 2.75) is 12.5 Å². The van der Waals surface area contributed by atoms with Crippen molar-refractivity contribution in [2.24, 2.45) is 5.73 Å². The molecular formula is C16H16N4O. The lowest BCUT2D eigenvalue weighted by Gasteiger charge is -2.12. The van der Waals surface area contributed by atoms with Crippen LogP contribution in [-0.2, 0) is 11.2 Å². The van der Waals surface area contributed by atoms with Crippen LogP contribution in [0, 0.1) is 0 Å². The number of benzene rings is 2. The summed E-state index contributed by atoms with van der Waals surface area (Å²) in [6.45, 7) is 0. The van der Waals surface area contributed by atoms with Gasteiger partial charge in [-0.3, -0.25) is 4.79 Å². The Morgan fingerprint density at radius 3 is 2.81 bits per heavy atom. The van der Waals surface area contributed by atoms with Crippen LogP contribution in [0.4, 0.5) is 5.69 Å². The van der Waals surface area contributed by atoms with Crippen molar-refractivity contribution in [3.63, 3.8) is 0 Å². The molecule has 0 unspecified atom stereocenters. The Morgan fingerprint density at radius 2 is 2.05 bits per heavy atom. The molecule has 0 aliphatic carbocycles. The maximum atomic E-state index is 12.1. The molecular weight excluding hydrogens is 264 g/mol. The summed E-state index contributed by atoms with van der Waals surface area (Å²) < 4.78 is 0. The minimum absolute atomic E-state index is 0.208. The van der Waals surface area contributed by atoms with Crippen molar-refractivity contribution in [3.8, 4) is 0 Å². The van der Waals surface area contributed by atoms with Gasteiger partial charge in [-0.1, -0.05) is 30.3 Å². The quantitative estimate of drug-likeness (QED) is 0.684. The van der Waals surface area contributed by atoms with Crippen LogP contribution in [0.3, 0.4) is 0 Å². The molecule has 0 spiro atoms. The van der Waals surface area contributed by atoms with Gasteiger partial charge in [0.15, 0.2) is 0 Å². The normalized spacial score (nSPS) is 12.2. The van der Waals surface area contributed by atoms with E-state index >= 15 is 0 Å². The SMILES string of the molecule is N[C@H](Cc1cnc[nH]1)C(=O)Nc1ccc2ccccc2c1. The minimum Gasteiger partial charge on any atom is -0.348 e. The number of nitrogens with two attached hydrogens (primary N) is 1. The molecule has 1 atom stereocenters. The Labute approximate surface area is 122 Å². The van der Waals surface area contributed by atoms with Gasteiger partial charge in [-0.25, -0.2) is 4.98 Å². The van der Waals surface area contributed by atoms with Gasteiger partial charge >= 0.3 is 0 Å². The minimum atomic E-state index is -0.614. The zero-order valence-electron chi connectivity index (χ0n) is 11.4. The second-order valence-corrected chi connectivity index (χ2v) is 4.94. The number of fused-ring (bicyclic) bond motifs is 1. The molecule has 21 heavy (non-hydrogen) atoms. The highest BCUT2D eigenvalue weighted by Crippen LogP contribution is 2.18. The molecule has 0 aliphatic rings. The number of rotatable bonds is 4. The fourth-order valence-electron chi connectivity index (χ4n) is 2.23. The van der Waals surface area contributed by atoms with Crippen LogP contribution in [-0.4, -0.2) is 21.9 Å². The molecule has 0 bridgehead atoms. The highest BCUT2D eigenvalue weighted by atomic mass is 16.2. The summed E-state index contributed by atoms with van der Waals surface area (Å²) in [4.78, 5) is 19.0. The number of carbonyl (C=O) groups is 1. The summed E-state index contributed by atoms with van der Waals surface area (Å²) in [7, 11) is 0. The molecule has 2 aromatic carbocycles. The van der Waals surface area contributed by atoms with E-state index in [1.807, 2.05) is 42.5 Å². The Balaban J connectivity index is 1.70. The van der Waals surface area contributed by atoms with E-state index in [-0.39, 0.29) is 5.91 Å². The van der Waals surface area contributed by atoms with E-state index in [0.717, 1.165) is 22.2 Å². The van der Waals surface area contributed by atoms with Crippen molar-refractivity contribution in [1.29, 1.82) is 0 Å². The lowest BCUT2D eigenvalue weighted by molar-refractivity contribution is -0.117. The fraction of sp³-hybridized carbons (Fsp3) is 0.125. The number of carbonyl (C=O) groups excluding carboxylic acids is 1. The molecule has 106 valence electrons. The van der Waals surface area contributed by atoms with Crippen LogP contribution < -0.4 is 11.1 Å². The predicted molar refractivity (Wildman–Crippen MR) is 82.8 cm³/mol. The van der Waals surface area contributed by atoms with E-state index in [1.165, 1.54) is 0 Å². The third-order valence-corrected chi connectivity index (χ3v) is 3.35. The Bertz CT molecular complexity index is 752. The van der Waals surface area contributed by atoms with Gasteiger partial charge in [0, 0.05) is 24.0 Å². The fourth-order valence-corrected chi connectivity index (χ4v) is 2.23. The van der Waals surface area contributed by atoms with Crippen LogP contribution in [0.1, 0.15) is 5.69 Å². The largest absolute Gasteiger partial charge is 0.348 e. The first-order chi connectivity index (χ1) is 10.2. The van der Waals surface area contributed by atoms with Gasteiger partial charge in [0.1, 0.15) is 0 Å². The van der Waals surface area contributed by atoms with E-state index in [0.29, 0.717) is 6.42 Å². The second-order valence-electron chi connectivity index (χ2n) is 4.94. The van der Waals surface area contributed by atoms with Crippen molar-refractivity contribution >= 4 is 22.4 Å². The van der Waals surface area contributed by atoms with Gasteiger partial charge in [0.2, 0.25) is 5.91 Å². The smallest absolute Gasteiger partial charge is 0.241 e. The van der Waals surface area contributed by atoms with E-state index < -0.39 is 6.04 Å². The van der Waals surface area contributed by atoms with Crippen LogP contribution in [0.15, 0.2) is 55.0 Å². The number of nitrogens with one attached hydrogen (secondary N) is 2. The third kappa shape index (κ3) is 3.09. The Kier molecular flexibility index (Phi) is 3.66. The summed E-state index contributed by atoms with van der Waals surface area (Å²) in [6, 6.07) is 13.2. The number of hydrogen-bond donors (Lipinski definition) is 3. The zero-order valence-corrected chi connectivity index (χ0v) is 11.4. The lowest BCUT2D eigenvalue weighted by atomic mass is 10.1. The average Bonchev–Trinajstić information content (AvgIpc) is 3.00. The van der Waals surface area contributed by atoms with E-state index in [1.54, 1.807) is 12.5 Å². The van der Waals surface area contributed by atoms with Crippen molar-refractivity contribution in [1.82, 2.24) is 9.97 Å². The van der Waals surface area contributed by atoms with Gasteiger partial charge in [-0.15, -0.1) is 0 Å². The number of H-pyrrole nitrogens is 1. The van der Waals surface area contributed by atoms with Gasteiger partial charge in [0.25, 0.3) is 0 Å². The highest BCUT2D eigenvalue weighted by Gasteiger charge is 2.15. The van der Waals surface area contributed by atoms with Gasteiger partial charge in [-0.2, -0.15) is 0 Å². The molecule has 3 rings (SSSR count). The molecule has 5 nitrogen and oxygen atoms in total. The standard InChI is InChI=1S/C16H16N4O/c17-15(8-14-9-18-10-19-14)16(21)20-13-6-5-11-3-1-2-4-12(11)7-13/h1-7,9-10,15H,8,17H2,(H,18,19)(H,20,21)/t15-/m1/s1. The summed E-state index contributed by atoms with van der Waals surface area (Å²) in [6.07, 6.45) is 3.67. The summed E-state index contributed by atoms with van der Waals surface area (Å²) >= 11 is 0. The summed E-state index contributed by atoms with van der Waals surface area (Å²) in [5.74, 6) is -0.208. The van der Waals surface area contributed by atoms with E-state index in [4.69, 9.17) is 5.73 Å². The van der Waals surface area contributed by atoms with Crippen LogP contribution >= 0.6 is 0 Å². The number of amides is 1. The number of aromatic amines is 1. The molecule has 1 aromatic heterocycles. The van der Waals surface area contributed by atoms with Crippen molar-refractivity contribution in [2.75, 3.05) is 5.32 Å². The Hall–Kier alpha value is -2.66. The van der Waals surface area contributed by atoms with Gasteiger partial charge < -0.3 is 16.0 Å². The average molecular weight is 280 g/mol. The number of anilines is 1.